The summed E-state index contributed by atoms with van der Waals surface area (Å²) in [6.45, 7) is 6.96. The number of carbonyl (C=O) groups excluding carboxylic acids is 1. The molecule has 2 aromatic rings. The second-order valence-electron chi connectivity index (χ2n) is 7.05. The number of fused-ring (bicyclic) bond motifs is 2. The van der Waals surface area contributed by atoms with Crippen molar-refractivity contribution in [2.24, 2.45) is 0 Å². The van der Waals surface area contributed by atoms with Crippen molar-refractivity contribution in [1.29, 1.82) is 0 Å². The van der Waals surface area contributed by atoms with Gasteiger partial charge < -0.3 is 14.6 Å². The van der Waals surface area contributed by atoms with E-state index >= 15 is 0 Å². The van der Waals surface area contributed by atoms with E-state index < -0.39 is 6.10 Å². The zero-order valence-corrected chi connectivity index (χ0v) is 14.4. The fourth-order valence-corrected chi connectivity index (χ4v) is 3.66. The van der Waals surface area contributed by atoms with Crippen LogP contribution in [-0.2, 0) is 24.2 Å². The number of rotatable bonds is 2. The minimum atomic E-state index is -0.410. The number of hydrogen-bond acceptors (Lipinski definition) is 3. The van der Waals surface area contributed by atoms with Crippen LogP contribution in [0.4, 0.5) is 0 Å². The van der Waals surface area contributed by atoms with Crippen molar-refractivity contribution in [2.75, 3.05) is 0 Å². The highest BCUT2D eigenvalue weighted by Crippen LogP contribution is 2.31. The van der Waals surface area contributed by atoms with Crippen molar-refractivity contribution in [3.8, 4) is 5.75 Å². The number of aryl methyl sites for hydroxylation is 4. The van der Waals surface area contributed by atoms with Gasteiger partial charge in [-0.15, -0.1) is 0 Å². The Balaban J connectivity index is 1.41. The Morgan fingerprint density at radius 3 is 2.92 bits per heavy atom. The summed E-state index contributed by atoms with van der Waals surface area (Å²) in [7, 11) is 0. The first-order valence-electron chi connectivity index (χ1n) is 8.59. The second-order valence-corrected chi connectivity index (χ2v) is 7.05. The lowest BCUT2D eigenvalue weighted by molar-refractivity contribution is -0.128. The van der Waals surface area contributed by atoms with Gasteiger partial charge in [0.25, 0.3) is 5.91 Å². The molecule has 0 aliphatic carbocycles. The largest absolute Gasteiger partial charge is 0.480 e. The van der Waals surface area contributed by atoms with Crippen molar-refractivity contribution in [2.45, 2.75) is 58.7 Å². The van der Waals surface area contributed by atoms with Crippen molar-refractivity contribution in [3.63, 3.8) is 0 Å². The number of hydrogen-bond donors (Lipinski definition) is 1. The standard InChI is InChI=1S/C19H23N3O2/c1-11-6-14-8-17(24-16(14)7-12(11)2)19(23)21-15-4-5-18-20-13(3)9-22(18)10-15/h6-7,9,15,17H,4-5,8,10H2,1-3H3,(H,21,23)/t15-,17-/m1/s1. The Morgan fingerprint density at radius 2 is 2.08 bits per heavy atom. The molecule has 2 atom stereocenters. The van der Waals surface area contributed by atoms with Crippen LogP contribution in [0.5, 0.6) is 5.75 Å². The maximum atomic E-state index is 12.6. The van der Waals surface area contributed by atoms with Gasteiger partial charge in [-0.05, 0) is 49.9 Å². The maximum absolute atomic E-state index is 12.6. The molecular formula is C19H23N3O2. The molecule has 5 heteroatoms. The topological polar surface area (TPSA) is 56.2 Å². The molecule has 0 unspecified atom stereocenters. The molecule has 3 heterocycles. The Labute approximate surface area is 142 Å². The van der Waals surface area contributed by atoms with Crippen LogP contribution < -0.4 is 10.1 Å². The zero-order chi connectivity index (χ0) is 16.8. The smallest absolute Gasteiger partial charge is 0.261 e. The van der Waals surface area contributed by atoms with E-state index in [1.54, 1.807) is 0 Å². The van der Waals surface area contributed by atoms with E-state index in [0.717, 1.165) is 42.2 Å². The first-order chi connectivity index (χ1) is 11.5. The SMILES string of the molecule is Cc1cn2c(n1)CC[C@@H](NC(=O)[C@H]1Cc3cc(C)c(C)cc3O1)C2. The van der Waals surface area contributed by atoms with E-state index in [1.807, 2.05) is 13.0 Å². The average Bonchev–Trinajstić information content (AvgIpc) is 3.09. The Hall–Kier alpha value is -2.30. The van der Waals surface area contributed by atoms with Crippen molar-refractivity contribution in [3.05, 3.63) is 46.5 Å². The minimum Gasteiger partial charge on any atom is -0.480 e. The highest BCUT2D eigenvalue weighted by Gasteiger charge is 2.31. The molecule has 1 N–H and O–H groups in total. The summed E-state index contributed by atoms with van der Waals surface area (Å²) >= 11 is 0. The summed E-state index contributed by atoms with van der Waals surface area (Å²) in [5.74, 6) is 1.97. The van der Waals surface area contributed by atoms with Gasteiger partial charge in [-0.1, -0.05) is 6.07 Å². The van der Waals surface area contributed by atoms with Gasteiger partial charge in [-0.25, -0.2) is 4.98 Å². The van der Waals surface area contributed by atoms with Crippen LogP contribution in [0.2, 0.25) is 0 Å². The van der Waals surface area contributed by atoms with Crippen LogP contribution in [0.15, 0.2) is 18.3 Å². The van der Waals surface area contributed by atoms with Crippen LogP contribution in [0.1, 0.15) is 34.6 Å². The molecule has 1 aromatic heterocycles. The van der Waals surface area contributed by atoms with Gasteiger partial charge in [-0.2, -0.15) is 0 Å². The maximum Gasteiger partial charge on any atom is 0.261 e. The van der Waals surface area contributed by atoms with Gasteiger partial charge in [0, 0.05) is 31.6 Å². The van der Waals surface area contributed by atoms with Crippen molar-refractivity contribution >= 4 is 5.91 Å². The predicted octanol–water partition coefficient (Wildman–Crippen LogP) is 2.24. The summed E-state index contributed by atoms with van der Waals surface area (Å²) in [5, 5.41) is 3.16. The highest BCUT2D eigenvalue weighted by atomic mass is 16.5. The molecule has 1 aromatic carbocycles. The molecule has 0 saturated heterocycles. The number of nitrogens with zero attached hydrogens (tertiary/aromatic N) is 2. The van der Waals surface area contributed by atoms with E-state index in [4.69, 9.17) is 4.74 Å². The number of ether oxygens (including phenoxy) is 1. The molecule has 24 heavy (non-hydrogen) atoms. The third kappa shape index (κ3) is 2.68. The van der Waals surface area contributed by atoms with Crippen molar-refractivity contribution in [1.82, 2.24) is 14.9 Å². The zero-order valence-electron chi connectivity index (χ0n) is 14.4. The number of benzene rings is 1. The van der Waals surface area contributed by atoms with Gasteiger partial charge in [0.2, 0.25) is 0 Å². The van der Waals surface area contributed by atoms with E-state index in [2.05, 4.69) is 41.0 Å². The van der Waals surface area contributed by atoms with Crippen LogP contribution in [-0.4, -0.2) is 27.6 Å². The molecule has 1 amide bonds. The van der Waals surface area contributed by atoms with Gasteiger partial charge in [-0.3, -0.25) is 4.79 Å². The predicted molar refractivity (Wildman–Crippen MR) is 91.3 cm³/mol. The fourth-order valence-electron chi connectivity index (χ4n) is 3.66. The van der Waals surface area contributed by atoms with Crippen molar-refractivity contribution < 1.29 is 9.53 Å². The van der Waals surface area contributed by atoms with Crippen LogP contribution in [0.3, 0.4) is 0 Å². The molecule has 2 aliphatic rings. The Kier molecular flexibility index (Phi) is 3.59. The van der Waals surface area contributed by atoms with E-state index in [9.17, 15) is 4.79 Å². The molecule has 2 aliphatic heterocycles. The number of nitrogens with one attached hydrogen (secondary N) is 1. The first-order valence-corrected chi connectivity index (χ1v) is 8.59. The Morgan fingerprint density at radius 1 is 1.29 bits per heavy atom. The van der Waals surface area contributed by atoms with Crippen LogP contribution >= 0.6 is 0 Å². The average molecular weight is 325 g/mol. The van der Waals surface area contributed by atoms with Gasteiger partial charge in [0.15, 0.2) is 6.10 Å². The molecule has 126 valence electrons. The lowest BCUT2D eigenvalue weighted by atomic mass is 10.0. The number of aromatic nitrogens is 2. The lowest BCUT2D eigenvalue weighted by Gasteiger charge is -2.25. The summed E-state index contributed by atoms with van der Waals surface area (Å²) in [5.41, 5.74) is 4.62. The summed E-state index contributed by atoms with van der Waals surface area (Å²) in [4.78, 5) is 17.1. The van der Waals surface area contributed by atoms with Gasteiger partial charge in [0.05, 0.1) is 5.69 Å². The summed E-state index contributed by atoms with van der Waals surface area (Å²) in [6, 6.07) is 4.33. The number of imidazole rings is 1. The van der Waals surface area contributed by atoms with E-state index in [-0.39, 0.29) is 11.9 Å². The molecule has 0 fully saturated rings. The molecule has 5 nitrogen and oxygen atoms in total. The third-order valence-corrected chi connectivity index (χ3v) is 5.10. The molecule has 4 rings (SSSR count). The Bertz CT molecular complexity index is 778. The number of carbonyl (C=O) groups is 1. The number of amides is 1. The fraction of sp³-hybridized carbons (Fsp3) is 0.474. The summed E-state index contributed by atoms with van der Waals surface area (Å²) < 4.78 is 8.04. The molecule has 0 spiro atoms. The third-order valence-electron chi connectivity index (χ3n) is 5.10. The molecular weight excluding hydrogens is 302 g/mol. The van der Waals surface area contributed by atoms with Gasteiger partial charge in [0.1, 0.15) is 11.6 Å². The lowest BCUT2D eigenvalue weighted by Crippen LogP contribution is -2.46. The molecule has 0 bridgehead atoms. The second kappa shape index (κ2) is 5.65. The van der Waals surface area contributed by atoms with E-state index in [0.29, 0.717) is 6.42 Å². The highest BCUT2D eigenvalue weighted by molar-refractivity contribution is 5.82. The normalized spacial score (nSPS) is 21.8. The monoisotopic (exact) mass is 325 g/mol. The van der Waals surface area contributed by atoms with Gasteiger partial charge >= 0.3 is 0 Å². The molecule has 0 radical (unpaired) electrons. The molecule has 0 saturated carbocycles. The quantitative estimate of drug-likeness (QED) is 0.921. The first kappa shape index (κ1) is 15.2. The summed E-state index contributed by atoms with van der Waals surface area (Å²) in [6.07, 6.45) is 4.14. The van der Waals surface area contributed by atoms with Crippen LogP contribution in [0.25, 0.3) is 0 Å². The van der Waals surface area contributed by atoms with E-state index in [1.165, 1.54) is 11.1 Å². The minimum absolute atomic E-state index is 0.00760. The van der Waals surface area contributed by atoms with Crippen LogP contribution in [0, 0.1) is 20.8 Å².